The van der Waals surface area contributed by atoms with Gasteiger partial charge in [0.1, 0.15) is 0 Å². The van der Waals surface area contributed by atoms with Crippen LogP contribution in [0, 0.1) is 39.0 Å². The Morgan fingerprint density at radius 2 is 1.26 bits per heavy atom. The first-order valence-electron chi connectivity index (χ1n) is 17.1. The number of halogens is 6. The molecule has 0 N–H and O–H groups in total. The van der Waals surface area contributed by atoms with E-state index in [2.05, 4.69) is 85.7 Å². The minimum absolute atomic E-state index is 0.0223. The SMILES string of the molecule is CCC1C=C(C(C)(C)C)C=[C]1[Zr](=[C](c1cccc(C(F)(F)F)c1)c1cccc(C(F)(F)F)c1)[c]1c(C)c(C)cc2c1Cc1cc(C)c(C)cc1-2. The second-order valence-electron chi connectivity index (χ2n) is 14.9. The van der Waals surface area contributed by atoms with Gasteiger partial charge in [-0.1, -0.05) is 0 Å². The van der Waals surface area contributed by atoms with Gasteiger partial charge in [-0.05, 0) is 0 Å². The third-order valence-electron chi connectivity index (χ3n) is 10.5. The van der Waals surface area contributed by atoms with E-state index < -0.39 is 44.7 Å². The summed E-state index contributed by atoms with van der Waals surface area (Å²) in [6, 6.07) is 17.2. The summed E-state index contributed by atoms with van der Waals surface area (Å²) in [5.41, 5.74) is 9.20. The fourth-order valence-corrected chi connectivity index (χ4v) is 16.7. The van der Waals surface area contributed by atoms with Crippen LogP contribution in [0.2, 0.25) is 0 Å². The van der Waals surface area contributed by atoms with E-state index in [9.17, 15) is 26.3 Å². The predicted molar refractivity (Wildman–Crippen MR) is 189 cm³/mol. The number of hydrogen-bond donors (Lipinski definition) is 0. The summed E-state index contributed by atoms with van der Waals surface area (Å²) in [7, 11) is 0. The molecule has 6 rings (SSSR count). The fourth-order valence-electron chi connectivity index (χ4n) is 7.46. The maximum atomic E-state index is 14.3. The average Bonchev–Trinajstić information content (AvgIpc) is 3.62. The molecule has 4 aromatic rings. The third-order valence-corrected chi connectivity index (χ3v) is 18.7. The topological polar surface area (TPSA) is 0 Å². The number of rotatable bonds is 5. The van der Waals surface area contributed by atoms with Crippen LogP contribution in [0.4, 0.5) is 26.3 Å². The van der Waals surface area contributed by atoms with Gasteiger partial charge in [-0.2, -0.15) is 0 Å². The van der Waals surface area contributed by atoms with Crippen LogP contribution < -0.4 is 3.27 Å². The van der Waals surface area contributed by atoms with Crippen LogP contribution in [0.5, 0.6) is 0 Å². The molecule has 2 aliphatic rings. The molecule has 7 heteroatoms. The van der Waals surface area contributed by atoms with Crippen molar-refractivity contribution in [1.29, 1.82) is 0 Å². The summed E-state index contributed by atoms with van der Waals surface area (Å²) in [5.74, 6) is 0.0223. The molecule has 0 bridgehead atoms. The molecule has 0 fully saturated rings. The van der Waals surface area contributed by atoms with Gasteiger partial charge in [0.2, 0.25) is 0 Å². The molecule has 50 heavy (non-hydrogen) atoms. The molecule has 0 aromatic heterocycles. The second kappa shape index (κ2) is 13.0. The molecule has 0 aliphatic heterocycles. The summed E-state index contributed by atoms with van der Waals surface area (Å²) in [5, 5.41) is 0. The summed E-state index contributed by atoms with van der Waals surface area (Å²) in [4.78, 5) is 0. The van der Waals surface area contributed by atoms with E-state index in [1.165, 1.54) is 37.7 Å². The first-order valence-corrected chi connectivity index (χ1v) is 20.8. The molecule has 0 saturated heterocycles. The molecular weight excluding hydrogens is 722 g/mol. The Bertz CT molecular complexity index is 2060. The van der Waals surface area contributed by atoms with Crippen molar-refractivity contribution in [2.24, 2.45) is 11.3 Å². The molecular formula is C43H42F6Zr. The Morgan fingerprint density at radius 1 is 0.720 bits per heavy atom. The van der Waals surface area contributed by atoms with E-state index in [4.69, 9.17) is 0 Å². The van der Waals surface area contributed by atoms with Crippen LogP contribution in [0.25, 0.3) is 11.1 Å². The molecule has 0 amide bonds. The van der Waals surface area contributed by atoms with Crippen LogP contribution in [-0.2, 0) is 40.0 Å². The van der Waals surface area contributed by atoms with Crippen LogP contribution in [-0.4, -0.2) is 3.21 Å². The van der Waals surface area contributed by atoms with Gasteiger partial charge in [-0.3, -0.25) is 0 Å². The van der Waals surface area contributed by atoms with Crippen molar-refractivity contribution >= 4 is 6.48 Å². The molecule has 2 aliphatic carbocycles. The molecule has 260 valence electrons. The zero-order valence-electron chi connectivity index (χ0n) is 29.8. The van der Waals surface area contributed by atoms with E-state index >= 15 is 0 Å². The van der Waals surface area contributed by atoms with Crippen molar-refractivity contribution in [3.05, 3.63) is 143 Å². The van der Waals surface area contributed by atoms with Crippen molar-refractivity contribution in [1.82, 2.24) is 0 Å². The van der Waals surface area contributed by atoms with Crippen LogP contribution in [0.3, 0.4) is 0 Å². The monoisotopic (exact) mass is 762 g/mol. The van der Waals surface area contributed by atoms with E-state index in [0.717, 1.165) is 61.8 Å². The summed E-state index contributed by atoms with van der Waals surface area (Å²) < 4.78 is 89.0. The van der Waals surface area contributed by atoms with Crippen molar-refractivity contribution < 1.29 is 47.6 Å². The maximum absolute atomic E-state index is 14.3. The first-order chi connectivity index (χ1) is 23.3. The Hall–Kier alpha value is -3.31. The van der Waals surface area contributed by atoms with Gasteiger partial charge >= 0.3 is 301 Å². The fraction of sp³-hybridized carbons (Fsp3) is 0.326. The summed E-state index contributed by atoms with van der Waals surface area (Å²) in [6.07, 6.45) is -3.23. The Labute approximate surface area is 299 Å². The first kappa shape index (κ1) is 36.5. The van der Waals surface area contributed by atoms with Gasteiger partial charge in [0.25, 0.3) is 0 Å². The van der Waals surface area contributed by atoms with Crippen LogP contribution in [0.1, 0.15) is 89.8 Å². The molecule has 0 spiro atoms. The van der Waals surface area contributed by atoms with E-state index in [-0.39, 0.29) is 11.3 Å². The Morgan fingerprint density at radius 3 is 1.78 bits per heavy atom. The second-order valence-corrected chi connectivity index (χ2v) is 20.6. The van der Waals surface area contributed by atoms with E-state index in [1.807, 2.05) is 0 Å². The summed E-state index contributed by atoms with van der Waals surface area (Å²) >= 11 is -3.74. The van der Waals surface area contributed by atoms with Crippen molar-refractivity contribution in [3.8, 4) is 11.1 Å². The molecule has 4 aromatic carbocycles. The average molecular weight is 764 g/mol. The van der Waals surface area contributed by atoms with E-state index in [1.54, 1.807) is 12.1 Å². The number of fused-ring (bicyclic) bond motifs is 3. The molecule has 0 radical (unpaired) electrons. The molecule has 0 saturated carbocycles. The molecule has 1 unspecified atom stereocenters. The van der Waals surface area contributed by atoms with Crippen molar-refractivity contribution in [3.63, 3.8) is 0 Å². The molecule has 1 atom stereocenters. The van der Waals surface area contributed by atoms with Gasteiger partial charge in [0.05, 0.1) is 0 Å². The zero-order chi connectivity index (χ0) is 36.5. The number of alkyl halides is 6. The number of benzene rings is 4. The standard InChI is InChI=1S/C17H17.C15H8F6.C11H17.Zr/c1-10-5-14-9-15-6-11(2)13(4)8-17(15)16(14)7-12(10)3;16-14(17,18)12-5-1-3-10(8-12)7-11-4-2-6-13(9-11)15(19,20)21;1-5-9-6-7-10(8-9)11(2,3)4;/h5,7-8H,9H2,1-4H3;1-6,8-9H;7-9H,5H2,1-4H3;. The summed E-state index contributed by atoms with van der Waals surface area (Å²) in [6.45, 7) is 16.9. The van der Waals surface area contributed by atoms with Crippen LogP contribution >= 0.6 is 0 Å². The van der Waals surface area contributed by atoms with Crippen molar-refractivity contribution in [2.45, 2.75) is 80.6 Å². The molecule has 0 nitrogen and oxygen atoms in total. The molecule has 0 heterocycles. The van der Waals surface area contributed by atoms with Crippen LogP contribution in [0.15, 0.2) is 87.7 Å². The quantitative estimate of drug-likeness (QED) is 0.156. The van der Waals surface area contributed by atoms with E-state index in [0.29, 0.717) is 20.8 Å². The number of aryl methyl sites for hydroxylation is 3. The van der Waals surface area contributed by atoms with Crippen molar-refractivity contribution in [2.75, 3.05) is 0 Å². The zero-order valence-corrected chi connectivity index (χ0v) is 32.2. The van der Waals surface area contributed by atoms with Gasteiger partial charge in [0.15, 0.2) is 0 Å². The van der Waals surface area contributed by atoms with Gasteiger partial charge < -0.3 is 0 Å². The predicted octanol–water partition coefficient (Wildman–Crippen LogP) is 11.9. The number of allylic oxidation sites excluding steroid dienone is 4. The van der Waals surface area contributed by atoms with Gasteiger partial charge in [-0.15, -0.1) is 0 Å². The Kier molecular flexibility index (Phi) is 9.51. The van der Waals surface area contributed by atoms with Gasteiger partial charge in [0, 0.05) is 0 Å². The third kappa shape index (κ3) is 6.72. The normalized spacial score (nSPS) is 15.8. The Balaban J connectivity index is 1.82. The van der Waals surface area contributed by atoms with Gasteiger partial charge in [-0.25, -0.2) is 0 Å². The number of hydrogen-bond acceptors (Lipinski definition) is 0. The minimum atomic E-state index is -4.62.